The van der Waals surface area contributed by atoms with Gasteiger partial charge in [0, 0.05) is 0 Å². The van der Waals surface area contributed by atoms with E-state index in [0.29, 0.717) is 21.4 Å². The summed E-state index contributed by atoms with van der Waals surface area (Å²) in [6.45, 7) is 0. The molecule has 0 radical (unpaired) electrons. The topological polar surface area (TPSA) is 47.3 Å². The number of halogens is 2. The number of Topliss-reactive ketones (excluding diaryl/α,β-unsaturated/α-hetero) is 1. The van der Waals surface area contributed by atoms with E-state index in [4.69, 9.17) is 27.6 Å². The van der Waals surface area contributed by atoms with Crippen molar-refractivity contribution in [2.75, 3.05) is 0 Å². The number of furan rings is 1. The van der Waals surface area contributed by atoms with Crippen LogP contribution in [0.1, 0.15) is 10.6 Å². The van der Waals surface area contributed by atoms with Gasteiger partial charge >= 0.3 is 0 Å². The molecule has 0 bridgehead atoms. The first-order chi connectivity index (χ1) is 8.13. The number of rotatable bonds is 3. The molecule has 0 saturated heterocycles. The molecule has 1 heterocycles. The number of benzene rings is 1. The maximum Gasteiger partial charge on any atom is 0.260 e. The summed E-state index contributed by atoms with van der Waals surface area (Å²) in [5.74, 6) is -0.406. The van der Waals surface area contributed by atoms with E-state index in [0.717, 1.165) is 0 Å². The van der Waals surface area contributed by atoms with Gasteiger partial charge in [-0.05, 0) is 24.3 Å². The minimum absolute atomic E-state index is 0.0361. The summed E-state index contributed by atoms with van der Waals surface area (Å²) in [6, 6.07) is 7.98. The van der Waals surface area contributed by atoms with Crippen LogP contribution in [0.15, 0.2) is 34.7 Å². The van der Waals surface area contributed by atoms with E-state index in [9.17, 15) is 9.59 Å². The predicted molar refractivity (Wildman–Crippen MR) is 64.6 cm³/mol. The molecule has 0 amide bonds. The average Bonchev–Trinajstić information content (AvgIpc) is 2.77. The van der Waals surface area contributed by atoms with Crippen LogP contribution < -0.4 is 0 Å². The second kappa shape index (κ2) is 4.73. The smallest absolute Gasteiger partial charge is 0.260 e. The average molecular weight is 269 g/mol. The fraction of sp³-hybridized carbons (Fsp3) is 0. The zero-order chi connectivity index (χ0) is 12.4. The Morgan fingerprint density at radius 1 is 1.12 bits per heavy atom. The zero-order valence-electron chi connectivity index (χ0n) is 8.44. The zero-order valence-corrected chi connectivity index (χ0v) is 9.96. The lowest BCUT2D eigenvalue weighted by atomic mass is 10.2. The van der Waals surface area contributed by atoms with Crippen molar-refractivity contribution < 1.29 is 14.0 Å². The minimum Gasteiger partial charge on any atom is -0.452 e. The van der Waals surface area contributed by atoms with Gasteiger partial charge in [0.1, 0.15) is 5.76 Å². The lowest BCUT2D eigenvalue weighted by Crippen LogP contribution is -1.96. The van der Waals surface area contributed by atoms with Crippen molar-refractivity contribution in [3.05, 3.63) is 46.1 Å². The third kappa shape index (κ3) is 2.25. The lowest BCUT2D eigenvalue weighted by Gasteiger charge is -2.02. The highest BCUT2D eigenvalue weighted by Gasteiger charge is 2.15. The van der Waals surface area contributed by atoms with Crippen molar-refractivity contribution in [1.29, 1.82) is 0 Å². The Morgan fingerprint density at radius 3 is 2.35 bits per heavy atom. The Hall–Kier alpha value is -1.58. The van der Waals surface area contributed by atoms with Crippen LogP contribution in [0.3, 0.4) is 0 Å². The van der Waals surface area contributed by atoms with Crippen molar-refractivity contribution >= 4 is 35.3 Å². The first kappa shape index (κ1) is 11.9. The standard InChI is InChI=1S/C12H6Cl2O3/c13-7-2-1-3-8(14)12(7)11-5-4-10(17-11)9(16)6-15/h1-6H. The molecule has 86 valence electrons. The van der Waals surface area contributed by atoms with E-state index in [1.54, 1.807) is 24.3 Å². The fourth-order valence-corrected chi connectivity index (χ4v) is 1.98. The third-order valence-corrected chi connectivity index (χ3v) is 2.79. The summed E-state index contributed by atoms with van der Waals surface area (Å²) in [5, 5.41) is 0.828. The molecule has 0 saturated carbocycles. The number of aldehydes is 1. The summed E-state index contributed by atoms with van der Waals surface area (Å²) in [7, 11) is 0. The monoisotopic (exact) mass is 268 g/mol. The van der Waals surface area contributed by atoms with Gasteiger partial charge in [0.15, 0.2) is 12.0 Å². The summed E-state index contributed by atoms with van der Waals surface area (Å²) >= 11 is 12.0. The van der Waals surface area contributed by atoms with Crippen molar-refractivity contribution in [3.8, 4) is 11.3 Å². The van der Waals surface area contributed by atoms with E-state index < -0.39 is 5.78 Å². The van der Waals surface area contributed by atoms with Crippen LogP contribution in [0, 0.1) is 0 Å². The van der Waals surface area contributed by atoms with Crippen LogP contribution in [0.4, 0.5) is 0 Å². The van der Waals surface area contributed by atoms with E-state index in [1.165, 1.54) is 6.07 Å². The van der Waals surface area contributed by atoms with Gasteiger partial charge in [-0.2, -0.15) is 0 Å². The van der Waals surface area contributed by atoms with Gasteiger partial charge in [0.05, 0.1) is 15.6 Å². The number of ketones is 1. The Balaban J connectivity index is 2.51. The van der Waals surface area contributed by atoms with Gasteiger partial charge in [-0.25, -0.2) is 0 Å². The highest BCUT2D eigenvalue weighted by Crippen LogP contribution is 2.35. The molecule has 0 N–H and O–H groups in total. The molecular weight excluding hydrogens is 263 g/mol. The Kier molecular flexibility index (Phi) is 3.31. The van der Waals surface area contributed by atoms with Gasteiger partial charge in [-0.1, -0.05) is 29.3 Å². The van der Waals surface area contributed by atoms with Crippen LogP contribution >= 0.6 is 23.2 Å². The first-order valence-electron chi connectivity index (χ1n) is 4.67. The normalized spacial score (nSPS) is 10.2. The maximum absolute atomic E-state index is 11.1. The SMILES string of the molecule is O=CC(=O)c1ccc(-c2c(Cl)cccc2Cl)o1. The second-order valence-electron chi connectivity index (χ2n) is 3.24. The fourth-order valence-electron chi connectivity index (χ4n) is 1.40. The first-order valence-corrected chi connectivity index (χ1v) is 5.43. The van der Waals surface area contributed by atoms with Crippen LogP contribution in [-0.2, 0) is 4.79 Å². The highest BCUT2D eigenvalue weighted by atomic mass is 35.5. The van der Waals surface area contributed by atoms with Gasteiger partial charge in [0.25, 0.3) is 5.78 Å². The molecular formula is C12H6Cl2O3. The molecule has 0 aliphatic heterocycles. The second-order valence-corrected chi connectivity index (χ2v) is 4.06. The number of hydrogen-bond donors (Lipinski definition) is 0. The van der Waals surface area contributed by atoms with Crippen molar-refractivity contribution in [2.45, 2.75) is 0 Å². The molecule has 1 aromatic carbocycles. The summed E-state index contributed by atoms with van der Waals surface area (Å²) in [5.41, 5.74) is 0.501. The molecule has 2 rings (SSSR count). The van der Waals surface area contributed by atoms with Crippen LogP contribution in [0.5, 0.6) is 0 Å². The number of carbonyl (C=O) groups is 2. The van der Waals surface area contributed by atoms with Crippen molar-refractivity contribution in [1.82, 2.24) is 0 Å². The van der Waals surface area contributed by atoms with Crippen LogP contribution in [0.25, 0.3) is 11.3 Å². The summed E-state index contributed by atoms with van der Waals surface area (Å²) in [4.78, 5) is 21.4. The third-order valence-electron chi connectivity index (χ3n) is 2.17. The quantitative estimate of drug-likeness (QED) is 0.485. The molecule has 0 aliphatic rings. The summed E-state index contributed by atoms with van der Waals surface area (Å²) in [6.07, 6.45) is 0.191. The molecule has 1 aromatic heterocycles. The van der Waals surface area contributed by atoms with Gasteiger partial charge in [-0.3, -0.25) is 9.59 Å². The molecule has 2 aromatic rings. The van der Waals surface area contributed by atoms with E-state index in [1.807, 2.05) is 0 Å². The van der Waals surface area contributed by atoms with Crippen molar-refractivity contribution in [3.63, 3.8) is 0 Å². The van der Waals surface area contributed by atoms with Crippen LogP contribution in [0.2, 0.25) is 10.0 Å². The predicted octanol–water partition coefficient (Wildman–Crippen LogP) is 3.64. The Labute approximate surface area is 107 Å². The molecule has 0 fully saturated rings. The maximum atomic E-state index is 11.1. The Bertz CT molecular complexity index is 567. The van der Waals surface area contributed by atoms with Gasteiger partial charge < -0.3 is 4.42 Å². The lowest BCUT2D eigenvalue weighted by molar-refractivity contribution is -0.104. The molecule has 0 aliphatic carbocycles. The van der Waals surface area contributed by atoms with E-state index in [2.05, 4.69) is 0 Å². The number of carbonyl (C=O) groups excluding carboxylic acids is 2. The highest BCUT2D eigenvalue weighted by molar-refractivity contribution is 6.39. The summed E-state index contributed by atoms with van der Waals surface area (Å²) < 4.78 is 5.23. The molecule has 17 heavy (non-hydrogen) atoms. The molecule has 5 heteroatoms. The molecule has 0 unspecified atom stereocenters. The minimum atomic E-state index is -0.723. The molecule has 0 spiro atoms. The van der Waals surface area contributed by atoms with Gasteiger partial charge in [0.2, 0.25) is 0 Å². The van der Waals surface area contributed by atoms with E-state index >= 15 is 0 Å². The Morgan fingerprint density at radius 2 is 1.76 bits per heavy atom. The van der Waals surface area contributed by atoms with E-state index in [-0.39, 0.29) is 12.0 Å². The van der Waals surface area contributed by atoms with Crippen LogP contribution in [-0.4, -0.2) is 12.1 Å². The number of hydrogen-bond acceptors (Lipinski definition) is 3. The van der Waals surface area contributed by atoms with Crippen molar-refractivity contribution in [2.24, 2.45) is 0 Å². The van der Waals surface area contributed by atoms with Gasteiger partial charge in [-0.15, -0.1) is 0 Å². The molecule has 0 atom stereocenters. The molecule has 3 nitrogen and oxygen atoms in total. The largest absolute Gasteiger partial charge is 0.452 e.